The number of amides is 1. The van der Waals surface area contributed by atoms with Crippen LogP contribution in [-0.2, 0) is 19.6 Å². The first-order valence-electron chi connectivity index (χ1n) is 8.25. The lowest BCUT2D eigenvalue weighted by Crippen LogP contribution is -2.51. The smallest absolute Gasteiger partial charge is 0.318 e. The highest BCUT2D eigenvalue weighted by molar-refractivity contribution is 7.88. The Morgan fingerprint density at radius 3 is 2.93 bits per heavy atom. The second-order valence-electron chi connectivity index (χ2n) is 6.33. The lowest BCUT2D eigenvalue weighted by molar-refractivity contribution is -0.137. The number of morpholine rings is 1. The van der Waals surface area contributed by atoms with Gasteiger partial charge in [0.05, 0.1) is 36.2 Å². The Kier molecular flexibility index (Phi) is 5.44. The number of aromatic nitrogens is 2. The number of carboxylic acid groups (broad SMARTS) is 1. The SMILES string of the molecule is CS(=O)(=O)N(CC(=O)O)C[C@H]1CN(C(=O)c2cccc3[nH]ncc23)CCO1. The monoisotopic (exact) mass is 396 g/mol. The maximum atomic E-state index is 12.9. The third-order valence-corrected chi connectivity index (χ3v) is 5.55. The molecular formula is C16H20N4O6S. The topological polar surface area (TPSA) is 133 Å². The van der Waals surface area contributed by atoms with Crippen LogP contribution in [0.1, 0.15) is 10.4 Å². The van der Waals surface area contributed by atoms with Gasteiger partial charge in [-0.3, -0.25) is 14.7 Å². The van der Waals surface area contributed by atoms with Crippen molar-refractivity contribution in [2.24, 2.45) is 0 Å². The number of hydrogen-bond acceptors (Lipinski definition) is 6. The van der Waals surface area contributed by atoms with E-state index in [4.69, 9.17) is 9.84 Å². The fourth-order valence-electron chi connectivity index (χ4n) is 3.03. The van der Waals surface area contributed by atoms with Gasteiger partial charge in [0.2, 0.25) is 10.0 Å². The van der Waals surface area contributed by atoms with E-state index in [-0.39, 0.29) is 25.6 Å². The number of hydrogen-bond donors (Lipinski definition) is 2. The maximum Gasteiger partial charge on any atom is 0.318 e. The van der Waals surface area contributed by atoms with Gasteiger partial charge in [0.15, 0.2) is 0 Å². The van der Waals surface area contributed by atoms with Crippen LogP contribution in [-0.4, -0.2) is 89.9 Å². The van der Waals surface area contributed by atoms with Crippen LogP contribution >= 0.6 is 0 Å². The average Bonchev–Trinajstić information content (AvgIpc) is 3.08. The molecule has 11 heteroatoms. The highest BCUT2D eigenvalue weighted by atomic mass is 32.2. The van der Waals surface area contributed by atoms with Crippen molar-refractivity contribution in [3.8, 4) is 0 Å². The summed E-state index contributed by atoms with van der Waals surface area (Å²) >= 11 is 0. The fourth-order valence-corrected chi connectivity index (χ4v) is 3.82. The van der Waals surface area contributed by atoms with E-state index >= 15 is 0 Å². The quantitative estimate of drug-likeness (QED) is 0.688. The zero-order chi connectivity index (χ0) is 19.6. The number of carbonyl (C=O) groups is 2. The van der Waals surface area contributed by atoms with Gasteiger partial charge in [-0.1, -0.05) is 6.07 Å². The molecule has 1 aliphatic rings. The molecule has 1 atom stereocenters. The Morgan fingerprint density at radius 1 is 1.44 bits per heavy atom. The van der Waals surface area contributed by atoms with Gasteiger partial charge in [-0.2, -0.15) is 9.40 Å². The molecule has 2 N–H and O–H groups in total. The van der Waals surface area contributed by atoms with E-state index in [1.54, 1.807) is 23.2 Å². The van der Waals surface area contributed by atoms with Gasteiger partial charge in [-0.15, -0.1) is 0 Å². The summed E-state index contributed by atoms with van der Waals surface area (Å²) in [6.07, 6.45) is 1.92. The Hall–Kier alpha value is -2.50. The molecule has 0 bridgehead atoms. The molecule has 10 nitrogen and oxygen atoms in total. The summed E-state index contributed by atoms with van der Waals surface area (Å²) in [5.74, 6) is -1.46. The predicted octanol–water partition coefficient (Wildman–Crippen LogP) is -0.250. The van der Waals surface area contributed by atoms with Crippen molar-refractivity contribution in [3.05, 3.63) is 30.0 Å². The molecule has 1 aromatic heterocycles. The number of benzene rings is 1. The standard InChI is InChI=1S/C16H20N4O6S/c1-27(24,25)20(10-15(21)22)9-11-8-19(5-6-26-11)16(23)12-3-2-4-14-13(12)7-17-18-14/h2-4,7,11H,5-6,8-10H2,1H3,(H,17,18)(H,21,22)/t11-/m1/s1. The van der Waals surface area contributed by atoms with Crippen LogP contribution < -0.4 is 0 Å². The van der Waals surface area contributed by atoms with Crippen LogP contribution in [0.4, 0.5) is 0 Å². The molecule has 0 aliphatic carbocycles. The summed E-state index contributed by atoms with van der Waals surface area (Å²) in [6, 6.07) is 5.28. The second kappa shape index (κ2) is 7.62. The Labute approximate surface area is 155 Å². The number of nitrogens with one attached hydrogen (secondary N) is 1. The minimum absolute atomic E-state index is 0.134. The van der Waals surface area contributed by atoms with Crippen LogP contribution in [0.5, 0.6) is 0 Å². The normalized spacial score (nSPS) is 18.1. The van der Waals surface area contributed by atoms with Crippen molar-refractivity contribution >= 4 is 32.8 Å². The number of ether oxygens (including phenoxy) is 1. The van der Waals surface area contributed by atoms with Crippen LogP contribution in [0, 0.1) is 0 Å². The van der Waals surface area contributed by atoms with Gasteiger partial charge in [0, 0.05) is 25.0 Å². The van der Waals surface area contributed by atoms with Crippen molar-refractivity contribution < 1.29 is 27.9 Å². The van der Waals surface area contributed by atoms with E-state index in [2.05, 4.69) is 10.2 Å². The molecule has 1 aliphatic heterocycles. The molecule has 0 spiro atoms. The van der Waals surface area contributed by atoms with Gasteiger partial charge in [0.1, 0.15) is 6.54 Å². The minimum atomic E-state index is -3.71. The number of aromatic amines is 1. The summed E-state index contributed by atoms with van der Waals surface area (Å²) in [4.78, 5) is 25.4. The van der Waals surface area contributed by atoms with Crippen LogP contribution in [0.15, 0.2) is 24.4 Å². The first-order chi connectivity index (χ1) is 12.8. The number of fused-ring (bicyclic) bond motifs is 1. The Bertz CT molecular complexity index is 957. The molecule has 3 rings (SSSR count). The Morgan fingerprint density at radius 2 is 2.22 bits per heavy atom. The van der Waals surface area contributed by atoms with Crippen LogP contribution in [0.25, 0.3) is 10.9 Å². The summed E-state index contributed by atoms with van der Waals surface area (Å²) in [7, 11) is -3.71. The fraction of sp³-hybridized carbons (Fsp3) is 0.438. The molecule has 27 heavy (non-hydrogen) atoms. The molecule has 1 fully saturated rings. The summed E-state index contributed by atoms with van der Waals surface area (Å²) in [5.41, 5.74) is 1.24. The second-order valence-corrected chi connectivity index (χ2v) is 8.31. The van der Waals surface area contributed by atoms with Gasteiger partial charge >= 0.3 is 5.97 Å². The third-order valence-electron chi connectivity index (χ3n) is 4.33. The molecular weight excluding hydrogens is 376 g/mol. The van der Waals surface area contributed by atoms with Gasteiger partial charge < -0.3 is 14.7 Å². The Balaban J connectivity index is 1.74. The number of aliphatic carboxylic acids is 1. The predicted molar refractivity (Wildman–Crippen MR) is 95.8 cm³/mol. The minimum Gasteiger partial charge on any atom is -0.480 e. The molecule has 0 radical (unpaired) electrons. The first-order valence-corrected chi connectivity index (χ1v) is 10.1. The van der Waals surface area contributed by atoms with Gasteiger partial charge in [-0.25, -0.2) is 8.42 Å². The zero-order valence-corrected chi connectivity index (χ0v) is 15.5. The maximum absolute atomic E-state index is 12.9. The number of carbonyl (C=O) groups excluding carboxylic acids is 1. The van der Waals surface area contributed by atoms with E-state index in [0.717, 1.165) is 16.1 Å². The lowest BCUT2D eigenvalue weighted by Gasteiger charge is -2.35. The number of sulfonamides is 1. The third kappa shape index (κ3) is 4.43. The molecule has 1 amide bonds. The largest absolute Gasteiger partial charge is 0.480 e. The molecule has 1 aromatic carbocycles. The molecule has 1 saturated heterocycles. The number of carboxylic acids is 1. The van der Waals surface area contributed by atoms with Gasteiger partial charge in [-0.05, 0) is 12.1 Å². The molecule has 146 valence electrons. The van der Waals surface area contributed by atoms with E-state index in [1.807, 2.05) is 6.07 Å². The number of H-pyrrole nitrogens is 1. The molecule has 0 saturated carbocycles. The van der Waals surface area contributed by atoms with Gasteiger partial charge in [0.25, 0.3) is 5.91 Å². The highest BCUT2D eigenvalue weighted by Gasteiger charge is 2.30. The van der Waals surface area contributed by atoms with Crippen molar-refractivity contribution in [2.75, 3.05) is 39.0 Å². The van der Waals surface area contributed by atoms with E-state index in [9.17, 15) is 18.0 Å². The summed E-state index contributed by atoms with van der Waals surface area (Å²) < 4.78 is 30.0. The van der Waals surface area contributed by atoms with Crippen molar-refractivity contribution in [1.82, 2.24) is 19.4 Å². The molecule has 0 unspecified atom stereocenters. The first kappa shape index (κ1) is 19.3. The number of rotatable bonds is 6. The lowest BCUT2D eigenvalue weighted by atomic mass is 10.1. The summed E-state index contributed by atoms with van der Waals surface area (Å²) in [5, 5.41) is 16.4. The van der Waals surface area contributed by atoms with E-state index in [0.29, 0.717) is 17.5 Å². The van der Waals surface area contributed by atoms with Crippen molar-refractivity contribution in [3.63, 3.8) is 0 Å². The van der Waals surface area contributed by atoms with Crippen molar-refractivity contribution in [2.45, 2.75) is 6.10 Å². The molecule has 2 heterocycles. The summed E-state index contributed by atoms with van der Waals surface area (Å²) in [6.45, 7) is -0.0195. The van der Waals surface area contributed by atoms with Crippen LogP contribution in [0.2, 0.25) is 0 Å². The molecule has 2 aromatic rings. The zero-order valence-electron chi connectivity index (χ0n) is 14.7. The van der Waals surface area contributed by atoms with E-state index < -0.39 is 28.6 Å². The van der Waals surface area contributed by atoms with E-state index in [1.165, 1.54) is 0 Å². The highest BCUT2D eigenvalue weighted by Crippen LogP contribution is 2.19. The van der Waals surface area contributed by atoms with Crippen molar-refractivity contribution in [1.29, 1.82) is 0 Å². The average molecular weight is 396 g/mol. The number of nitrogens with zero attached hydrogens (tertiary/aromatic N) is 3. The van der Waals surface area contributed by atoms with Crippen LogP contribution in [0.3, 0.4) is 0 Å².